The van der Waals surface area contributed by atoms with Crippen LogP contribution >= 0.6 is 0 Å². The number of likely N-dealkylation sites (N-methyl/N-ethyl adjacent to an activating group) is 1. The van der Waals surface area contributed by atoms with Gasteiger partial charge >= 0.3 is 0 Å². The fourth-order valence-electron chi connectivity index (χ4n) is 3.38. The molecule has 0 bridgehead atoms. The lowest BCUT2D eigenvalue weighted by Gasteiger charge is -2.32. The van der Waals surface area contributed by atoms with Gasteiger partial charge in [0.25, 0.3) is 0 Å². The molecular weight excluding hydrogens is 362 g/mol. The van der Waals surface area contributed by atoms with Crippen molar-refractivity contribution in [3.63, 3.8) is 0 Å². The van der Waals surface area contributed by atoms with E-state index >= 15 is 0 Å². The molecular formula is C23H41N5O. The molecule has 6 nitrogen and oxygen atoms in total. The molecule has 1 aliphatic rings. The predicted octanol–water partition coefficient (Wildman–Crippen LogP) is 2.87. The Labute approximate surface area is 177 Å². The number of benzene rings is 1. The van der Waals surface area contributed by atoms with E-state index in [1.807, 2.05) is 0 Å². The van der Waals surface area contributed by atoms with E-state index in [1.54, 1.807) is 0 Å². The third-order valence-electron chi connectivity index (χ3n) is 5.23. The molecule has 2 N–H and O–H groups in total. The zero-order chi connectivity index (χ0) is 20.9. The molecule has 0 radical (unpaired) electrons. The summed E-state index contributed by atoms with van der Waals surface area (Å²) in [5.41, 5.74) is 2.35. The van der Waals surface area contributed by atoms with Crippen LogP contribution in [0, 0.1) is 6.92 Å². The zero-order valence-electron chi connectivity index (χ0n) is 19.0. The van der Waals surface area contributed by atoms with Crippen molar-refractivity contribution in [2.24, 2.45) is 4.99 Å². The first-order valence-electron chi connectivity index (χ1n) is 11.3. The molecule has 0 unspecified atom stereocenters. The third kappa shape index (κ3) is 9.05. The molecule has 0 atom stereocenters. The number of aryl methyl sites for hydroxylation is 1. The quantitative estimate of drug-likeness (QED) is 0.338. The van der Waals surface area contributed by atoms with Gasteiger partial charge in [0, 0.05) is 44.8 Å². The molecule has 0 aromatic heterocycles. The van der Waals surface area contributed by atoms with Crippen LogP contribution in [0.2, 0.25) is 0 Å². The van der Waals surface area contributed by atoms with Gasteiger partial charge in [-0.25, -0.2) is 4.99 Å². The molecule has 164 valence electrons. The average Bonchev–Trinajstić information content (AvgIpc) is 2.72. The zero-order valence-corrected chi connectivity index (χ0v) is 19.0. The summed E-state index contributed by atoms with van der Waals surface area (Å²) in [7, 11) is 2.21. The number of rotatable bonds is 11. The minimum absolute atomic E-state index is 0.621. The van der Waals surface area contributed by atoms with E-state index in [4.69, 9.17) is 9.73 Å². The molecule has 1 fully saturated rings. The van der Waals surface area contributed by atoms with Crippen LogP contribution in [0.1, 0.15) is 44.2 Å². The van der Waals surface area contributed by atoms with Gasteiger partial charge in [0.1, 0.15) is 5.75 Å². The van der Waals surface area contributed by atoms with Crippen molar-refractivity contribution >= 4 is 5.96 Å². The van der Waals surface area contributed by atoms with Crippen molar-refractivity contribution in [1.29, 1.82) is 0 Å². The largest absolute Gasteiger partial charge is 0.493 e. The Balaban J connectivity index is 1.77. The van der Waals surface area contributed by atoms with Crippen LogP contribution in [0.4, 0.5) is 0 Å². The van der Waals surface area contributed by atoms with E-state index in [2.05, 4.69) is 66.5 Å². The summed E-state index contributed by atoms with van der Waals surface area (Å²) in [6, 6.07) is 6.37. The number of guanidine groups is 1. The Kier molecular flexibility index (Phi) is 10.9. The van der Waals surface area contributed by atoms with Gasteiger partial charge in [-0.15, -0.1) is 0 Å². The first-order chi connectivity index (χ1) is 14.1. The number of ether oxygens (including phenoxy) is 1. The Bertz CT molecular complexity index is 611. The monoisotopic (exact) mass is 403 g/mol. The molecule has 0 saturated carbocycles. The number of unbranched alkanes of at least 4 members (excludes halogenated alkanes) is 1. The summed E-state index contributed by atoms with van der Waals surface area (Å²) in [6.07, 6.45) is 3.39. The highest BCUT2D eigenvalue weighted by Gasteiger charge is 2.12. The molecule has 0 spiro atoms. The molecule has 1 saturated heterocycles. The maximum Gasteiger partial charge on any atom is 0.191 e. The fraction of sp³-hybridized carbons (Fsp3) is 0.696. The van der Waals surface area contributed by atoms with Gasteiger partial charge in [0.15, 0.2) is 5.96 Å². The summed E-state index contributed by atoms with van der Waals surface area (Å²) >= 11 is 0. The smallest absolute Gasteiger partial charge is 0.191 e. The van der Waals surface area contributed by atoms with Gasteiger partial charge in [-0.05, 0) is 58.3 Å². The highest BCUT2D eigenvalue weighted by atomic mass is 16.5. The van der Waals surface area contributed by atoms with Crippen LogP contribution in [0.5, 0.6) is 5.75 Å². The van der Waals surface area contributed by atoms with Gasteiger partial charge in [-0.1, -0.05) is 19.1 Å². The maximum atomic E-state index is 5.92. The molecule has 1 aromatic carbocycles. The number of nitrogens with one attached hydrogen (secondary N) is 2. The Morgan fingerprint density at radius 3 is 2.62 bits per heavy atom. The standard InChI is InChI=1S/C23H41N5O/c1-5-17-29-22-18-20(3)9-10-21(22)19-26-23(24-6-2)25-11-7-8-12-28-15-13-27(4)14-16-28/h9-10,18H,5-8,11-17,19H2,1-4H3,(H2,24,25,26). The minimum atomic E-state index is 0.621. The van der Waals surface area contributed by atoms with E-state index in [-0.39, 0.29) is 0 Å². The van der Waals surface area contributed by atoms with Crippen LogP contribution in [-0.2, 0) is 6.54 Å². The molecule has 1 heterocycles. The van der Waals surface area contributed by atoms with E-state index in [0.717, 1.165) is 49.8 Å². The van der Waals surface area contributed by atoms with E-state index < -0.39 is 0 Å². The first kappa shape index (κ1) is 23.5. The highest BCUT2D eigenvalue weighted by molar-refractivity contribution is 5.79. The van der Waals surface area contributed by atoms with Crippen LogP contribution in [-0.4, -0.2) is 75.2 Å². The molecule has 0 amide bonds. The second-order valence-corrected chi connectivity index (χ2v) is 7.93. The normalized spacial score (nSPS) is 16.1. The summed E-state index contributed by atoms with van der Waals surface area (Å²) < 4.78 is 5.92. The van der Waals surface area contributed by atoms with Gasteiger partial charge in [0.05, 0.1) is 13.2 Å². The second-order valence-electron chi connectivity index (χ2n) is 7.93. The van der Waals surface area contributed by atoms with Gasteiger partial charge < -0.3 is 25.2 Å². The van der Waals surface area contributed by atoms with Crippen molar-refractivity contribution in [3.05, 3.63) is 29.3 Å². The molecule has 1 aromatic rings. The summed E-state index contributed by atoms with van der Waals surface area (Å²) in [5, 5.41) is 6.84. The molecule has 6 heteroatoms. The number of piperazine rings is 1. The van der Waals surface area contributed by atoms with Crippen molar-refractivity contribution in [1.82, 2.24) is 20.4 Å². The van der Waals surface area contributed by atoms with Crippen molar-refractivity contribution in [2.45, 2.75) is 46.6 Å². The lowest BCUT2D eigenvalue weighted by Crippen LogP contribution is -2.44. The van der Waals surface area contributed by atoms with Crippen molar-refractivity contribution in [3.8, 4) is 5.75 Å². The van der Waals surface area contributed by atoms with E-state index in [0.29, 0.717) is 6.54 Å². The number of hydrogen-bond acceptors (Lipinski definition) is 4. The molecule has 0 aliphatic carbocycles. The summed E-state index contributed by atoms with van der Waals surface area (Å²) in [4.78, 5) is 9.76. The molecule has 1 aliphatic heterocycles. The average molecular weight is 404 g/mol. The highest BCUT2D eigenvalue weighted by Crippen LogP contribution is 2.21. The van der Waals surface area contributed by atoms with Crippen LogP contribution in [0.25, 0.3) is 0 Å². The van der Waals surface area contributed by atoms with Crippen LogP contribution < -0.4 is 15.4 Å². The van der Waals surface area contributed by atoms with E-state index in [1.165, 1.54) is 44.7 Å². The van der Waals surface area contributed by atoms with Crippen LogP contribution in [0.3, 0.4) is 0 Å². The third-order valence-corrected chi connectivity index (χ3v) is 5.23. The Morgan fingerprint density at radius 1 is 1.10 bits per heavy atom. The summed E-state index contributed by atoms with van der Waals surface area (Å²) in [5.74, 6) is 1.84. The topological polar surface area (TPSA) is 52.1 Å². The maximum absolute atomic E-state index is 5.92. The first-order valence-corrected chi connectivity index (χ1v) is 11.3. The van der Waals surface area contributed by atoms with Gasteiger partial charge in [0.2, 0.25) is 0 Å². The van der Waals surface area contributed by atoms with Crippen LogP contribution in [0.15, 0.2) is 23.2 Å². The minimum Gasteiger partial charge on any atom is -0.493 e. The van der Waals surface area contributed by atoms with Gasteiger partial charge in [-0.3, -0.25) is 0 Å². The Morgan fingerprint density at radius 2 is 1.90 bits per heavy atom. The SMILES string of the molecule is CCCOc1cc(C)ccc1CN=C(NCC)NCCCCN1CCN(C)CC1. The number of hydrogen-bond donors (Lipinski definition) is 2. The van der Waals surface area contributed by atoms with Crippen molar-refractivity contribution in [2.75, 3.05) is 59.5 Å². The lowest BCUT2D eigenvalue weighted by atomic mass is 10.1. The molecule has 2 rings (SSSR count). The number of aliphatic imine (C=N–C) groups is 1. The summed E-state index contributed by atoms with van der Waals surface area (Å²) in [6.45, 7) is 15.5. The lowest BCUT2D eigenvalue weighted by molar-refractivity contribution is 0.152. The predicted molar refractivity (Wildman–Crippen MR) is 123 cm³/mol. The van der Waals surface area contributed by atoms with E-state index in [9.17, 15) is 0 Å². The molecule has 29 heavy (non-hydrogen) atoms. The number of nitrogens with zero attached hydrogens (tertiary/aromatic N) is 3. The van der Waals surface area contributed by atoms with Crippen molar-refractivity contribution < 1.29 is 4.74 Å². The second kappa shape index (κ2) is 13.4. The fourth-order valence-corrected chi connectivity index (χ4v) is 3.38. The van der Waals surface area contributed by atoms with Gasteiger partial charge in [-0.2, -0.15) is 0 Å². The Hall–Kier alpha value is -1.79.